The van der Waals surface area contributed by atoms with E-state index in [0.717, 1.165) is 18.7 Å². The highest BCUT2D eigenvalue weighted by molar-refractivity contribution is 5.79. The fourth-order valence-electron chi connectivity index (χ4n) is 5.71. The number of hydrogen-bond acceptors (Lipinski definition) is 5. The number of likely N-dealkylation sites (tertiary alicyclic amines) is 1. The molecule has 2 aromatic rings. The fraction of sp³-hybridized carbons (Fsp3) is 0.481. The molecule has 3 aliphatic heterocycles. The van der Waals surface area contributed by atoms with Crippen molar-refractivity contribution in [3.8, 4) is 0 Å². The van der Waals surface area contributed by atoms with Crippen molar-refractivity contribution in [3.63, 3.8) is 0 Å². The van der Waals surface area contributed by atoms with E-state index in [1.807, 2.05) is 42.2 Å². The molecule has 5 rings (SSSR count). The third-order valence-electron chi connectivity index (χ3n) is 7.94. The van der Waals surface area contributed by atoms with Crippen molar-refractivity contribution in [1.82, 2.24) is 14.7 Å². The zero-order valence-corrected chi connectivity index (χ0v) is 20.1. The summed E-state index contributed by atoms with van der Waals surface area (Å²) in [4.78, 5) is 32.0. The van der Waals surface area contributed by atoms with Gasteiger partial charge in [-0.3, -0.25) is 14.6 Å². The third kappa shape index (κ3) is 4.29. The molecule has 3 aliphatic rings. The largest absolute Gasteiger partial charge is 0.440 e. The average Bonchev–Trinajstić information content (AvgIpc) is 3.08. The van der Waals surface area contributed by atoms with Gasteiger partial charge >= 0.3 is 6.09 Å². The van der Waals surface area contributed by atoms with Gasteiger partial charge in [-0.15, -0.1) is 0 Å². The number of carbonyl (C=O) groups is 2. The summed E-state index contributed by atoms with van der Waals surface area (Å²) in [5.74, 6) is -0.254. The van der Waals surface area contributed by atoms with Gasteiger partial charge in [-0.1, -0.05) is 48.5 Å². The van der Waals surface area contributed by atoms with Gasteiger partial charge in [-0.25, -0.2) is 9.18 Å². The number of benzene rings is 2. The van der Waals surface area contributed by atoms with Gasteiger partial charge < -0.3 is 14.4 Å². The van der Waals surface area contributed by atoms with E-state index in [4.69, 9.17) is 9.47 Å². The van der Waals surface area contributed by atoms with Crippen LogP contribution in [0.25, 0.3) is 0 Å². The summed E-state index contributed by atoms with van der Waals surface area (Å²) in [6, 6.07) is 16.3. The van der Waals surface area contributed by atoms with Crippen LogP contribution in [0.3, 0.4) is 0 Å². The van der Waals surface area contributed by atoms with Crippen LogP contribution in [0, 0.1) is 5.82 Å². The lowest BCUT2D eigenvalue weighted by Gasteiger charge is -2.48. The number of amides is 2. The second kappa shape index (κ2) is 9.59. The maximum atomic E-state index is 14.6. The highest BCUT2D eigenvalue weighted by Crippen LogP contribution is 2.52. The maximum absolute atomic E-state index is 14.6. The highest BCUT2D eigenvalue weighted by atomic mass is 19.1. The zero-order valence-electron chi connectivity index (χ0n) is 20.1. The van der Waals surface area contributed by atoms with Crippen molar-refractivity contribution >= 4 is 12.0 Å². The van der Waals surface area contributed by atoms with Crippen molar-refractivity contribution in [2.75, 3.05) is 45.9 Å². The lowest BCUT2D eigenvalue weighted by molar-refractivity contribution is -0.139. The quantitative estimate of drug-likeness (QED) is 0.655. The lowest BCUT2D eigenvalue weighted by Crippen LogP contribution is -2.59. The predicted molar refractivity (Wildman–Crippen MR) is 128 cm³/mol. The standard InChI is InChI=1S/C27H32FN3O4/c1-26(22-8-3-2-4-9-22)27(35-25(33)31(26)19-21-7-5-6-10-23(21)28)11-13-30(14-12-27)24(32)20-29-15-17-34-18-16-29/h2-10H,11-20H2,1H3. The number of piperidine rings is 1. The van der Waals surface area contributed by atoms with Crippen molar-refractivity contribution < 1.29 is 23.5 Å². The van der Waals surface area contributed by atoms with Crippen LogP contribution < -0.4 is 0 Å². The summed E-state index contributed by atoms with van der Waals surface area (Å²) in [5, 5.41) is 0. The predicted octanol–water partition coefficient (Wildman–Crippen LogP) is 3.39. The lowest BCUT2D eigenvalue weighted by atomic mass is 9.70. The number of halogens is 1. The number of nitrogens with zero attached hydrogens (tertiary/aromatic N) is 3. The maximum Gasteiger partial charge on any atom is 0.411 e. The van der Waals surface area contributed by atoms with Crippen LogP contribution in [0.5, 0.6) is 0 Å². The van der Waals surface area contributed by atoms with Crippen LogP contribution in [0.2, 0.25) is 0 Å². The van der Waals surface area contributed by atoms with Crippen LogP contribution in [0.4, 0.5) is 9.18 Å². The van der Waals surface area contributed by atoms with E-state index in [1.54, 1.807) is 23.1 Å². The molecule has 3 fully saturated rings. The molecule has 0 N–H and O–H groups in total. The van der Waals surface area contributed by atoms with Crippen LogP contribution in [-0.2, 0) is 26.4 Å². The fourth-order valence-corrected chi connectivity index (χ4v) is 5.71. The molecule has 1 atom stereocenters. The zero-order chi connectivity index (χ0) is 24.5. The third-order valence-corrected chi connectivity index (χ3v) is 7.94. The van der Waals surface area contributed by atoms with E-state index in [0.29, 0.717) is 51.3 Å². The minimum atomic E-state index is -0.813. The molecule has 0 aliphatic carbocycles. The molecule has 2 aromatic carbocycles. The monoisotopic (exact) mass is 481 g/mol. The molecule has 0 aromatic heterocycles. The Bertz CT molecular complexity index is 1070. The van der Waals surface area contributed by atoms with Crippen LogP contribution >= 0.6 is 0 Å². The molecule has 3 heterocycles. The van der Waals surface area contributed by atoms with Gasteiger partial charge in [-0.2, -0.15) is 0 Å². The minimum Gasteiger partial charge on any atom is -0.440 e. The van der Waals surface area contributed by atoms with E-state index < -0.39 is 17.2 Å². The first-order valence-corrected chi connectivity index (χ1v) is 12.3. The Labute approximate surface area is 205 Å². The van der Waals surface area contributed by atoms with Gasteiger partial charge in [0.15, 0.2) is 0 Å². The molecule has 1 spiro atoms. The number of carbonyl (C=O) groups excluding carboxylic acids is 2. The van der Waals surface area contributed by atoms with E-state index in [-0.39, 0.29) is 18.3 Å². The van der Waals surface area contributed by atoms with Gasteiger partial charge in [0.2, 0.25) is 5.91 Å². The molecule has 1 unspecified atom stereocenters. The second-order valence-corrected chi connectivity index (χ2v) is 9.75. The molecule has 35 heavy (non-hydrogen) atoms. The Morgan fingerprint density at radius 2 is 1.63 bits per heavy atom. The first-order valence-electron chi connectivity index (χ1n) is 12.3. The van der Waals surface area contributed by atoms with Crippen LogP contribution in [0.1, 0.15) is 30.9 Å². The minimum absolute atomic E-state index is 0.0932. The van der Waals surface area contributed by atoms with Gasteiger partial charge in [0, 0.05) is 44.6 Å². The summed E-state index contributed by atoms with van der Waals surface area (Å²) >= 11 is 0. The summed E-state index contributed by atoms with van der Waals surface area (Å²) in [7, 11) is 0. The van der Waals surface area contributed by atoms with Crippen LogP contribution in [0.15, 0.2) is 54.6 Å². The Morgan fingerprint density at radius 1 is 0.971 bits per heavy atom. The van der Waals surface area contributed by atoms with Crippen LogP contribution in [-0.4, -0.2) is 78.2 Å². The van der Waals surface area contributed by atoms with Gasteiger partial charge in [0.1, 0.15) is 17.0 Å². The molecule has 3 saturated heterocycles. The molecule has 8 heteroatoms. The molecular weight excluding hydrogens is 449 g/mol. The molecule has 7 nitrogen and oxygen atoms in total. The summed E-state index contributed by atoms with van der Waals surface area (Å²) in [6.07, 6.45) is 0.590. The van der Waals surface area contributed by atoms with E-state index >= 15 is 0 Å². The Kier molecular flexibility index (Phi) is 6.51. The summed E-state index contributed by atoms with van der Waals surface area (Å²) in [5.41, 5.74) is -0.239. The molecule has 186 valence electrons. The topological polar surface area (TPSA) is 62.3 Å². The van der Waals surface area contributed by atoms with Gasteiger partial charge in [-0.05, 0) is 18.6 Å². The average molecular weight is 482 g/mol. The van der Waals surface area contributed by atoms with Crippen molar-refractivity contribution in [1.29, 1.82) is 0 Å². The molecular formula is C27H32FN3O4. The SMILES string of the molecule is CC1(c2ccccc2)N(Cc2ccccc2F)C(=O)OC12CCN(C(=O)CN1CCOCC1)CC2. The Morgan fingerprint density at radius 3 is 2.31 bits per heavy atom. The number of rotatable bonds is 5. The van der Waals surface area contributed by atoms with E-state index in [9.17, 15) is 14.0 Å². The molecule has 0 radical (unpaired) electrons. The smallest absolute Gasteiger partial charge is 0.411 e. The van der Waals surface area contributed by atoms with E-state index in [1.165, 1.54) is 6.07 Å². The number of morpholine rings is 1. The second-order valence-electron chi connectivity index (χ2n) is 9.75. The number of hydrogen-bond donors (Lipinski definition) is 0. The molecule has 0 saturated carbocycles. The van der Waals surface area contributed by atoms with Gasteiger partial charge in [0.25, 0.3) is 0 Å². The summed E-state index contributed by atoms with van der Waals surface area (Å²) < 4.78 is 26.1. The first-order chi connectivity index (χ1) is 16.9. The Balaban J connectivity index is 1.39. The number of ether oxygens (including phenoxy) is 2. The van der Waals surface area contributed by atoms with E-state index in [2.05, 4.69) is 4.90 Å². The van der Waals surface area contributed by atoms with Crippen molar-refractivity contribution in [3.05, 3.63) is 71.5 Å². The molecule has 0 bridgehead atoms. The van der Waals surface area contributed by atoms with Gasteiger partial charge in [0.05, 0.1) is 26.3 Å². The first kappa shape index (κ1) is 23.8. The highest BCUT2D eigenvalue weighted by Gasteiger charge is 2.63. The Hall–Kier alpha value is -2.97. The summed E-state index contributed by atoms with van der Waals surface area (Å²) in [6.45, 7) is 6.34. The molecule has 2 amide bonds. The van der Waals surface area contributed by atoms with Crippen molar-refractivity contribution in [2.45, 2.75) is 37.5 Å². The van der Waals surface area contributed by atoms with Crippen molar-refractivity contribution in [2.24, 2.45) is 0 Å². The normalized spacial score (nSPS) is 24.6.